The van der Waals surface area contributed by atoms with E-state index in [2.05, 4.69) is 42.5 Å². The first-order chi connectivity index (χ1) is 10.2. The molecule has 0 unspecified atom stereocenters. The fourth-order valence-electron chi connectivity index (χ4n) is 2.45. The highest BCUT2D eigenvalue weighted by atomic mass is 15.3. The normalized spacial score (nSPS) is 10.6. The second kappa shape index (κ2) is 5.83. The van der Waals surface area contributed by atoms with Crippen LogP contribution in [-0.2, 0) is 6.54 Å². The molecule has 0 bridgehead atoms. The summed E-state index contributed by atoms with van der Waals surface area (Å²) >= 11 is 0. The van der Waals surface area contributed by atoms with E-state index in [0.29, 0.717) is 0 Å². The predicted molar refractivity (Wildman–Crippen MR) is 86.8 cm³/mol. The first kappa shape index (κ1) is 13.4. The molecular weight excluding hydrogens is 258 g/mol. The fourth-order valence-corrected chi connectivity index (χ4v) is 2.45. The molecule has 3 nitrogen and oxygen atoms in total. The fraction of sp³-hybridized carbons (Fsp3) is 0.167. The Kier molecular flexibility index (Phi) is 3.73. The molecule has 0 amide bonds. The number of anilines is 1. The Morgan fingerprint density at radius 2 is 1.67 bits per heavy atom. The van der Waals surface area contributed by atoms with Crippen LogP contribution in [0.1, 0.15) is 16.8 Å². The Balaban J connectivity index is 1.70. The van der Waals surface area contributed by atoms with Gasteiger partial charge in [0, 0.05) is 11.9 Å². The number of rotatable bonds is 4. The van der Waals surface area contributed by atoms with Gasteiger partial charge in [-0.05, 0) is 55.3 Å². The molecule has 0 radical (unpaired) electrons. The van der Waals surface area contributed by atoms with Crippen LogP contribution in [0.5, 0.6) is 0 Å². The average Bonchev–Trinajstić information content (AvgIpc) is 2.94. The Hall–Kier alpha value is -2.55. The van der Waals surface area contributed by atoms with E-state index in [1.165, 1.54) is 11.1 Å². The summed E-state index contributed by atoms with van der Waals surface area (Å²) in [6.07, 6.45) is 1.99. The quantitative estimate of drug-likeness (QED) is 0.778. The molecule has 106 valence electrons. The van der Waals surface area contributed by atoms with Gasteiger partial charge in [0.25, 0.3) is 0 Å². The highest BCUT2D eigenvalue weighted by Gasteiger charge is 2.01. The summed E-state index contributed by atoms with van der Waals surface area (Å²) in [6, 6.07) is 18.7. The third kappa shape index (κ3) is 3.31. The van der Waals surface area contributed by atoms with E-state index < -0.39 is 0 Å². The SMILES string of the molecule is Cc1cc(C)cc(NCc2ccn(-c3ccccc3)n2)c1. The monoisotopic (exact) mass is 277 g/mol. The largest absolute Gasteiger partial charge is 0.379 e. The van der Waals surface area contributed by atoms with Crippen molar-refractivity contribution in [3.63, 3.8) is 0 Å². The van der Waals surface area contributed by atoms with Crippen LogP contribution in [-0.4, -0.2) is 9.78 Å². The third-order valence-electron chi connectivity index (χ3n) is 3.36. The summed E-state index contributed by atoms with van der Waals surface area (Å²) in [5.74, 6) is 0. The van der Waals surface area contributed by atoms with Crippen molar-refractivity contribution in [1.29, 1.82) is 0 Å². The van der Waals surface area contributed by atoms with Gasteiger partial charge in [-0.3, -0.25) is 0 Å². The van der Waals surface area contributed by atoms with Crippen molar-refractivity contribution in [2.45, 2.75) is 20.4 Å². The molecule has 0 spiro atoms. The summed E-state index contributed by atoms with van der Waals surface area (Å²) < 4.78 is 1.90. The number of nitrogens with one attached hydrogen (secondary N) is 1. The van der Waals surface area contributed by atoms with Crippen LogP contribution < -0.4 is 5.32 Å². The minimum atomic E-state index is 0.725. The molecule has 0 atom stereocenters. The molecule has 1 aromatic heterocycles. The van der Waals surface area contributed by atoms with Crippen LogP contribution in [0.2, 0.25) is 0 Å². The predicted octanol–water partition coefficient (Wildman–Crippen LogP) is 4.10. The number of benzene rings is 2. The molecule has 2 aromatic carbocycles. The van der Waals surface area contributed by atoms with Crippen LogP contribution >= 0.6 is 0 Å². The lowest BCUT2D eigenvalue weighted by Gasteiger charge is -2.07. The van der Waals surface area contributed by atoms with Crippen molar-refractivity contribution in [2.24, 2.45) is 0 Å². The maximum absolute atomic E-state index is 4.59. The molecule has 1 N–H and O–H groups in total. The van der Waals surface area contributed by atoms with E-state index in [0.717, 1.165) is 23.6 Å². The second-order valence-electron chi connectivity index (χ2n) is 5.32. The Bertz CT molecular complexity index is 709. The molecule has 21 heavy (non-hydrogen) atoms. The van der Waals surface area contributed by atoms with Crippen LogP contribution in [0.3, 0.4) is 0 Å². The van der Waals surface area contributed by atoms with E-state index in [1.807, 2.05) is 47.3 Å². The minimum Gasteiger partial charge on any atom is -0.379 e. The van der Waals surface area contributed by atoms with Crippen LogP contribution in [0.4, 0.5) is 5.69 Å². The molecule has 0 aliphatic carbocycles. The van der Waals surface area contributed by atoms with Crippen LogP contribution in [0.25, 0.3) is 5.69 Å². The highest BCUT2D eigenvalue weighted by Crippen LogP contribution is 2.15. The van der Waals surface area contributed by atoms with Gasteiger partial charge < -0.3 is 5.32 Å². The van der Waals surface area contributed by atoms with E-state index in [9.17, 15) is 0 Å². The van der Waals surface area contributed by atoms with Gasteiger partial charge >= 0.3 is 0 Å². The van der Waals surface area contributed by atoms with Gasteiger partial charge in [0.15, 0.2) is 0 Å². The first-order valence-electron chi connectivity index (χ1n) is 7.13. The molecule has 0 saturated carbocycles. The summed E-state index contributed by atoms with van der Waals surface area (Å²) in [5.41, 5.74) is 5.79. The maximum atomic E-state index is 4.59. The molecule has 0 aliphatic heterocycles. The van der Waals surface area contributed by atoms with Crippen LogP contribution in [0, 0.1) is 13.8 Å². The standard InChI is InChI=1S/C18H19N3/c1-14-10-15(2)12-17(11-14)19-13-16-8-9-21(20-16)18-6-4-3-5-7-18/h3-12,19H,13H2,1-2H3. The molecular formula is C18H19N3. The van der Waals surface area contributed by atoms with Gasteiger partial charge in [-0.2, -0.15) is 5.10 Å². The molecule has 3 heteroatoms. The van der Waals surface area contributed by atoms with Gasteiger partial charge in [-0.1, -0.05) is 24.3 Å². The molecule has 3 rings (SSSR count). The number of aromatic nitrogens is 2. The van der Waals surface area contributed by atoms with Gasteiger partial charge in [-0.15, -0.1) is 0 Å². The summed E-state index contributed by atoms with van der Waals surface area (Å²) in [5, 5.41) is 8.03. The number of para-hydroxylation sites is 1. The van der Waals surface area contributed by atoms with E-state index in [4.69, 9.17) is 0 Å². The maximum Gasteiger partial charge on any atom is 0.0819 e. The van der Waals surface area contributed by atoms with E-state index >= 15 is 0 Å². The summed E-state index contributed by atoms with van der Waals surface area (Å²) in [4.78, 5) is 0. The van der Waals surface area contributed by atoms with Crippen molar-refractivity contribution in [3.05, 3.63) is 77.6 Å². The second-order valence-corrected chi connectivity index (χ2v) is 5.32. The van der Waals surface area contributed by atoms with Crippen molar-refractivity contribution < 1.29 is 0 Å². The number of hydrogen-bond acceptors (Lipinski definition) is 2. The minimum absolute atomic E-state index is 0.725. The molecule has 0 fully saturated rings. The van der Waals surface area contributed by atoms with Crippen LogP contribution in [0.15, 0.2) is 60.8 Å². The zero-order chi connectivity index (χ0) is 14.7. The van der Waals surface area contributed by atoms with Gasteiger partial charge in [-0.25, -0.2) is 4.68 Å². The highest BCUT2D eigenvalue weighted by molar-refractivity contribution is 5.48. The molecule has 3 aromatic rings. The topological polar surface area (TPSA) is 29.9 Å². The number of nitrogens with zero attached hydrogens (tertiary/aromatic N) is 2. The zero-order valence-electron chi connectivity index (χ0n) is 12.4. The lowest BCUT2D eigenvalue weighted by molar-refractivity contribution is 0.844. The van der Waals surface area contributed by atoms with Crippen molar-refractivity contribution in [2.75, 3.05) is 5.32 Å². The van der Waals surface area contributed by atoms with Gasteiger partial charge in [0.1, 0.15) is 0 Å². The number of hydrogen-bond donors (Lipinski definition) is 1. The van der Waals surface area contributed by atoms with E-state index in [1.54, 1.807) is 0 Å². The van der Waals surface area contributed by atoms with Crippen molar-refractivity contribution in [3.8, 4) is 5.69 Å². The Morgan fingerprint density at radius 3 is 2.38 bits per heavy atom. The average molecular weight is 277 g/mol. The van der Waals surface area contributed by atoms with Crippen molar-refractivity contribution in [1.82, 2.24) is 9.78 Å². The zero-order valence-corrected chi connectivity index (χ0v) is 12.4. The first-order valence-corrected chi connectivity index (χ1v) is 7.13. The summed E-state index contributed by atoms with van der Waals surface area (Å²) in [6.45, 7) is 4.95. The van der Waals surface area contributed by atoms with Gasteiger partial charge in [0.2, 0.25) is 0 Å². The molecule has 1 heterocycles. The van der Waals surface area contributed by atoms with Crippen molar-refractivity contribution >= 4 is 5.69 Å². The Morgan fingerprint density at radius 1 is 0.952 bits per heavy atom. The third-order valence-corrected chi connectivity index (χ3v) is 3.36. The van der Waals surface area contributed by atoms with E-state index in [-0.39, 0.29) is 0 Å². The lowest BCUT2D eigenvalue weighted by Crippen LogP contribution is -2.02. The molecule has 0 saturated heterocycles. The Labute approximate surface area is 125 Å². The van der Waals surface area contributed by atoms with Gasteiger partial charge in [0.05, 0.1) is 17.9 Å². The number of aryl methyl sites for hydroxylation is 2. The summed E-state index contributed by atoms with van der Waals surface area (Å²) in [7, 11) is 0. The smallest absolute Gasteiger partial charge is 0.0819 e. The molecule has 0 aliphatic rings. The lowest BCUT2D eigenvalue weighted by atomic mass is 10.1.